The number of nitrogens with one attached hydrogen (secondary N) is 1. The minimum Gasteiger partial charge on any atom is -0.494 e. The molecule has 0 saturated carbocycles. The number of aromatic nitrogens is 3. The van der Waals surface area contributed by atoms with Gasteiger partial charge in [-0.3, -0.25) is 4.57 Å². The van der Waals surface area contributed by atoms with E-state index in [1.807, 2.05) is 47.9 Å². The van der Waals surface area contributed by atoms with E-state index in [0.717, 1.165) is 41.4 Å². The van der Waals surface area contributed by atoms with Crippen molar-refractivity contribution >= 4 is 17.0 Å². The molecule has 4 aromatic rings. The van der Waals surface area contributed by atoms with Crippen molar-refractivity contribution in [1.29, 1.82) is 0 Å². The highest BCUT2D eigenvalue weighted by Crippen LogP contribution is 2.21. The van der Waals surface area contributed by atoms with Crippen molar-refractivity contribution < 1.29 is 4.74 Å². The van der Waals surface area contributed by atoms with Gasteiger partial charge in [0.2, 0.25) is 0 Å². The van der Waals surface area contributed by atoms with Crippen LogP contribution in [0.2, 0.25) is 0 Å². The highest BCUT2D eigenvalue weighted by Gasteiger charge is 2.07. The third-order valence-corrected chi connectivity index (χ3v) is 4.74. The van der Waals surface area contributed by atoms with Crippen LogP contribution in [-0.2, 0) is 13.0 Å². The second kappa shape index (κ2) is 8.13. The van der Waals surface area contributed by atoms with Crippen LogP contribution in [0.25, 0.3) is 16.9 Å². The van der Waals surface area contributed by atoms with E-state index in [-0.39, 0.29) is 0 Å². The molecule has 0 aliphatic heterocycles. The molecule has 0 fully saturated rings. The zero-order chi connectivity index (χ0) is 19.3. The molecule has 142 valence electrons. The highest BCUT2D eigenvalue weighted by atomic mass is 16.5. The summed E-state index contributed by atoms with van der Waals surface area (Å²) in [4.78, 5) is 9.12. The van der Waals surface area contributed by atoms with Crippen molar-refractivity contribution in [2.24, 2.45) is 0 Å². The van der Waals surface area contributed by atoms with Gasteiger partial charge in [-0.15, -0.1) is 0 Å². The number of pyridine rings is 1. The number of fused-ring (bicyclic) bond motifs is 1. The first kappa shape index (κ1) is 18.0. The smallest absolute Gasteiger partial charge is 0.180 e. The van der Waals surface area contributed by atoms with Gasteiger partial charge in [-0.05, 0) is 60.9 Å². The van der Waals surface area contributed by atoms with Crippen molar-refractivity contribution in [3.63, 3.8) is 0 Å². The number of benzene rings is 2. The molecule has 0 bridgehead atoms. The number of hydrogen-bond acceptors (Lipinski definition) is 4. The van der Waals surface area contributed by atoms with Gasteiger partial charge in [0.25, 0.3) is 0 Å². The van der Waals surface area contributed by atoms with Crippen molar-refractivity contribution in [2.45, 2.75) is 26.8 Å². The van der Waals surface area contributed by atoms with Gasteiger partial charge in [-0.25, -0.2) is 9.97 Å². The molecule has 0 saturated heterocycles. The third kappa shape index (κ3) is 3.83. The number of anilines is 1. The quantitative estimate of drug-likeness (QED) is 0.496. The first-order chi connectivity index (χ1) is 13.8. The Kier molecular flexibility index (Phi) is 5.24. The SMILES string of the molecule is CCOc1ccc(-n2cnc3nc(NCc4ccc(CC)cc4)ccc32)cc1. The zero-order valence-corrected chi connectivity index (χ0v) is 16.2. The minimum absolute atomic E-state index is 0.662. The summed E-state index contributed by atoms with van der Waals surface area (Å²) < 4.78 is 7.55. The first-order valence-electron chi connectivity index (χ1n) is 9.66. The van der Waals surface area contributed by atoms with Crippen LogP contribution in [0.4, 0.5) is 5.82 Å². The van der Waals surface area contributed by atoms with Gasteiger partial charge in [0.15, 0.2) is 5.65 Å². The summed E-state index contributed by atoms with van der Waals surface area (Å²) >= 11 is 0. The van der Waals surface area contributed by atoms with Gasteiger partial charge in [0.05, 0.1) is 12.1 Å². The van der Waals surface area contributed by atoms with E-state index in [0.29, 0.717) is 6.61 Å². The molecule has 0 atom stereocenters. The molecule has 0 spiro atoms. The molecule has 4 rings (SSSR count). The molecule has 28 heavy (non-hydrogen) atoms. The lowest BCUT2D eigenvalue weighted by molar-refractivity contribution is 0.340. The van der Waals surface area contributed by atoms with Gasteiger partial charge in [0, 0.05) is 12.2 Å². The van der Waals surface area contributed by atoms with E-state index in [1.165, 1.54) is 11.1 Å². The lowest BCUT2D eigenvalue weighted by Crippen LogP contribution is -2.01. The Balaban J connectivity index is 1.50. The average Bonchev–Trinajstić information content (AvgIpc) is 3.17. The molecular weight excluding hydrogens is 348 g/mol. The van der Waals surface area contributed by atoms with Gasteiger partial charge in [0.1, 0.15) is 17.9 Å². The molecule has 0 amide bonds. The van der Waals surface area contributed by atoms with Crippen LogP contribution < -0.4 is 10.1 Å². The lowest BCUT2D eigenvalue weighted by Gasteiger charge is -2.08. The van der Waals surface area contributed by atoms with Crippen molar-refractivity contribution in [1.82, 2.24) is 14.5 Å². The maximum Gasteiger partial charge on any atom is 0.180 e. The molecule has 2 aromatic carbocycles. The van der Waals surface area contributed by atoms with E-state index < -0.39 is 0 Å². The molecule has 5 nitrogen and oxygen atoms in total. The summed E-state index contributed by atoms with van der Waals surface area (Å²) in [5, 5.41) is 3.38. The molecule has 5 heteroatoms. The largest absolute Gasteiger partial charge is 0.494 e. The summed E-state index contributed by atoms with van der Waals surface area (Å²) in [6, 6.07) is 20.7. The maximum atomic E-state index is 5.51. The summed E-state index contributed by atoms with van der Waals surface area (Å²) in [6.45, 7) is 5.55. The average molecular weight is 372 g/mol. The van der Waals surface area contributed by atoms with Crippen molar-refractivity contribution in [3.05, 3.63) is 78.1 Å². The van der Waals surface area contributed by atoms with Crippen LogP contribution >= 0.6 is 0 Å². The van der Waals surface area contributed by atoms with Crippen LogP contribution in [-0.4, -0.2) is 21.1 Å². The summed E-state index contributed by atoms with van der Waals surface area (Å²) in [5.41, 5.74) is 5.31. The van der Waals surface area contributed by atoms with Crippen LogP contribution in [0.5, 0.6) is 5.75 Å². The van der Waals surface area contributed by atoms with Gasteiger partial charge < -0.3 is 10.1 Å². The number of rotatable bonds is 7. The van der Waals surface area contributed by atoms with Crippen molar-refractivity contribution in [2.75, 3.05) is 11.9 Å². The molecule has 0 unspecified atom stereocenters. The van der Waals surface area contributed by atoms with Gasteiger partial charge in [-0.1, -0.05) is 31.2 Å². The third-order valence-electron chi connectivity index (χ3n) is 4.74. The Morgan fingerprint density at radius 1 is 0.893 bits per heavy atom. The van der Waals surface area contributed by atoms with E-state index in [1.54, 1.807) is 6.33 Å². The Labute approximate surface area is 165 Å². The number of imidazole rings is 1. The Morgan fingerprint density at radius 3 is 2.36 bits per heavy atom. The molecule has 0 aliphatic rings. The second-order valence-electron chi connectivity index (χ2n) is 6.60. The summed E-state index contributed by atoms with van der Waals surface area (Å²) in [6.07, 6.45) is 2.86. The molecular formula is C23H24N4O. The predicted octanol–water partition coefficient (Wildman–Crippen LogP) is 4.99. The van der Waals surface area contributed by atoms with E-state index >= 15 is 0 Å². The fourth-order valence-corrected chi connectivity index (χ4v) is 3.16. The number of hydrogen-bond donors (Lipinski definition) is 1. The van der Waals surface area contributed by atoms with Crippen LogP contribution in [0, 0.1) is 0 Å². The number of ether oxygens (including phenoxy) is 1. The normalized spacial score (nSPS) is 10.9. The Morgan fingerprint density at radius 2 is 1.64 bits per heavy atom. The maximum absolute atomic E-state index is 5.51. The van der Waals surface area contributed by atoms with Gasteiger partial charge >= 0.3 is 0 Å². The Hall–Kier alpha value is -3.34. The molecule has 0 radical (unpaired) electrons. The van der Waals surface area contributed by atoms with E-state index in [4.69, 9.17) is 4.74 Å². The van der Waals surface area contributed by atoms with Gasteiger partial charge in [-0.2, -0.15) is 0 Å². The van der Waals surface area contributed by atoms with Crippen molar-refractivity contribution in [3.8, 4) is 11.4 Å². The molecule has 1 N–H and O–H groups in total. The standard InChI is InChI=1S/C23H24N4O/c1-3-17-5-7-18(8-6-17)15-24-22-14-13-21-23(26-22)25-16-27(21)19-9-11-20(12-10-19)28-4-2/h5-14,16H,3-4,15H2,1-2H3,(H,24,26). The second-order valence-corrected chi connectivity index (χ2v) is 6.60. The number of aryl methyl sites for hydroxylation is 1. The fourth-order valence-electron chi connectivity index (χ4n) is 3.16. The van der Waals surface area contributed by atoms with E-state index in [9.17, 15) is 0 Å². The van der Waals surface area contributed by atoms with Crippen LogP contribution in [0.15, 0.2) is 67.0 Å². The van der Waals surface area contributed by atoms with Crippen LogP contribution in [0.3, 0.4) is 0 Å². The fraction of sp³-hybridized carbons (Fsp3) is 0.217. The van der Waals surface area contributed by atoms with Crippen LogP contribution in [0.1, 0.15) is 25.0 Å². The first-order valence-corrected chi connectivity index (χ1v) is 9.66. The Bertz CT molecular complexity index is 1050. The molecule has 0 aliphatic carbocycles. The highest BCUT2D eigenvalue weighted by molar-refractivity contribution is 5.75. The monoisotopic (exact) mass is 372 g/mol. The zero-order valence-electron chi connectivity index (χ0n) is 16.2. The minimum atomic E-state index is 0.662. The number of nitrogens with zero attached hydrogens (tertiary/aromatic N) is 3. The molecule has 2 heterocycles. The molecule has 2 aromatic heterocycles. The summed E-state index contributed by atoms with van der Waals surface area (Å²) in [7, 11) is 0. The summed E-state index contributed by atoms with van der Waals surface area (Å²) in [5.74, 6) is 1.69. The lowest BCUT2D eigenvalue weighted by atomic mass is 10.1. The van der Waals surface area contributed by atoms with E-state index in [2.05, 4.69) is 46.5 Å². The topological polar surface area (TPSA) is 52.0 Å². The predicted molar refractivity (Wildman–Crippen MR) is 113 cm³/mol.